The van der Waals surface area contributed by atoms with Gasteiger partial charge >= 0.3 is 0 Å². The fraction of sp³-hybridized carbons (Fsp3) is 0.0769. The molecule has 0 saturated heterocycles. The van der Waals surface area contributed by atoms with Gasteiger partial charge in [0.2, 0.25) is 0 Å². The number of pyridine rings is 1. The molecule has 5 aromatic rings. The van der Waals surface area contributed by atoms with E-state index in [4.69, 9.17) is 0 Å². The summed E-state index contributed by atoms with van der Waals surface area (Å²) in [4.78, 5) is 16.8. The van der Waals surface area contributed by atoms with Gasteiger partial charge in [-0.15, -0.1) is 0 Å². The van der Waals surface area contributed by atoms with Crippen molar-refractivity contribution < 1.29 is 22.0 Å². The van der Waals surface area contributed by atoms with Crippen LogP contribution in [0.3, 0.4) is 0 Å². The number of benzene rings is 2. The number of hydrogen-bond donors (Lipinski definition) is 1. The molecule has 36 heavy (non-hydrogen) atoms. The number of imidazole rings is 1. The molecule has 1 N–H and O–H groups in total. The number of nitrogens with one attached hydrogen (secondary N) is 1. The summed E-state index contributed by atoms with van der Waals surface area (Å²) in [6.45, 7) is 2.26. The third kappa shape index (κ3) is 4.63. The Morgan fingerprint density at radius 3 is 2.58 bits per heavy atom. The Kier molecular flexibility index (Phi) is 5.89. The first-order valence-corrected chi connectivity index (χ1v) is 12.4. The summed E-state index contributed by atoms with van der Waals surface area (Å²) >= 11 is 0. The molecule has 1 amide bonds. The van der Waals surface area contributed by atoms with Crippen molar-refractivity contribution >= 4 is 38.6 Å². The Morgan fingerprint density at radius 1 is 1.06 bits per heavy atom. The van der Waals surface area contributed by atoms with Crippen LogP contribution in [0.1, 0.15) is 16.8 Å². The van der Waals surface area contributed by atoms with E-state index >= 15 is 0 Å². The van der Waals surface area contributed by atoms with Crippen LogP contribution in [0, 0.1) is 18.6 Å². The fourth-order valence-electron chi connectivity index (χ4n) is 4.10. The number of aryl methyl sites for hydroxylation is 1. The number of hydrogen-bond acceptors (Lipinski definition) is 4. The van der Waals surface area contributed by atoms with Crippen molar-refractivity contribution in [1.82, 2.24) is 18.7 Å². The molecule has 3 aromatic heterocycles. The summed E-state index contributed by atoms with van der Waals surface area (Å²) in [7, 11) is -4.20. The Morgan fingerprint density at radius 2 is 1.83 bits per heavy atom. The Labute approximate surface area is 205 Å². The van der Waals surface area contributed by atoms with Crippen LogP contribution < -0.4 is 4.72 Å². The van der Waals surface area contributed by atoms with E-state index in [0.717, 1.165) is 47.2 Å². The first-order valence-electron chi connectivity index (χ1n) is 10.9. The quantitative estimate of drug-likeness (QED) is 0.345. The van der Waals surface area contributed by atoms with Crippen LogP contribution >= 0.6 is 0 Å². The van der Waals surface area contributed by atoms with Gasteiger partial charge in [-0.3, -0.25) is 4.79 Å². The average molecular weight is 507 g/mol. The van der Waals surface area contributed by atoms with Gasteiger partial charge in [0.1, 0.15) is 17.3 Å². The molecule has 0 spiro atoms. The van der Waals surface area contributed by atoms with Gasteiger partial charge in [-0.1, -0.05) is 6.07 Å². The first kappa shape index (κ1) is 23.4. The lowest BCUT2D eigenvalue weighted by atomic mass is 10.1. The van der Waals surface area contributed by atoms with Crippen LogP contribution in [-0.2, 0) is 21.4 Å². The number of carbonyl (C=O) groups excluding carboxylic acids is 1. The zero-order valence-electron chi connectivity index (χ0n) is 19.0. The molecule has 0 unspecified atom stereocenters. The number of amides is 1. The highest BCUT2D eigenvalue weighted by Crippen LogP contribution is 2.28. The lowest BCUT2D eigenvalue weighted by molar-refractivity contribution is -0.114. The number of halogens is 2. The topological polar surface area (TPSA) is 85.5 Å². The summed E-state index contributed by atoms with van der Waals surface area (Å²) in [5, 5.41) is 0.665. The second-order valence-electron chi connectivity index (χ2n) is 8.29. The third-order valence-corrected chi connectivity index (χ3v) is 7.05. The minimum Gasteiger partial charge on any atom is -0.341 e. The smallest absolute Gasteiger partial charge is 0.264 e. The molecule has 0 bridgehead atoms. The average Bonchev–Trinajstić information content (AvgIpc) is 3.37. The molecule has 0 saturated carbocycles. The van der Waals surface area contributed by atoms with Crippen LogP contribution in [0.5, 0.6) is 0 Å². The standard InChI is InChI=1S/C26H20F2N4O3S/c1-17-14-32(16-21-15-31-11-3-2-4-24(31)29-21)26-18(12-20(28)13-23(17)26)5-10-25(33)30-36(34,35)22-8-6-19(27)7-9-22/h2-15H,16H2,1H3,(H,30,33)/b10-5+. The number of carbonyl (C=O) groups is 1. The molecule has 0 radical (unpaired) electrons. The van der Waals surface area contributed by atoms with Crippen molar-refractivity contribution in [3.63, 3.8) is 0 Å². The normalized spacial score (nSPS) is 12.1. The van der Waals surface area contributed by atoms with Crippen molar-refractivity contribution in [3.8, 4) is 0 Å². The molecular weight excluding hydrogens is 486 g/mol. The maximum absolute atomic E-state index is 14.4. The van der Waals surface area contributed by atoms with E-state index in [2.05, 4.69) is 4.98 Å². The maximum atomic E-state index is 14.4. The maximum Gasteiger partial charge on any atom is 0.264 e. The SMILES string of the molecule is Cc1cn(Cc2cn3ccccc3n2)c2c(/C=C/C(=O)NS(=O)(=O)c3ccc(F)cc3)cc(F)cc12. The van der Waals surface area contributed by atoms with Crippen molar-refractivity contribution in [3.05, 3.63) is 108 Å². The zero-order chi connectivity index (χ0) is 25.4. The molecule has 0 atom stereocenters. The Hall–Kier alpha value is -4.31. The fourth-order valence-corrected chi connectivity index (χ4v) is 5.05. The van der Waals surface area contributed by atoms with E-state index in [-0.39, 0.29) is 4.90 Å². The number of aromatic nitrogens is 3. The molecule has 0 fully saturated rings. The Bertz CT molecular complexity index is 1720. The van der Waals surface area contributed by atoms with Gasteiger partial charge in [0, 0.05) is 35.6 Å². The van der Waals surface area contributed by atoms with E-state index in [1.54, 1.807) is 0 Å². The molecule has 0 aliphatic carbocycles. The predicted molar refractivity (Wildman–Crippen MR) is 132 cm³/mol. The molecule has 0 aliphatic rings. The van der Waals surface area contributed by atoms with Crippen molar-refractivity contribution in [2.24, 2.45) is 0 Å². The van der Waals surface area contributed by atoms with Gasteiger partial charge in [0.15, 0.2) is 0 Å². The minimum absolute atomic E-state index is 0.254. The summed E-state index contributed by atoms with van der Waals surface area (Å²) in [6, 6.07) is 12.5. The highest BCUT2D eigenvalue weighted by Gasteiger charge is 2.17. The van der Waals surface area contributed by atoms with Crippen LogP contribution in [0.15, 0.2) is 84.2 Å². The Balaban J connectivity index is 1.46. The van der Waals surface area contributed by atoms with Gasteiger partial charge < -0.3 is 8.97 Å². The minimum atomic E-state index is -4.20. The molecule has 0 aliphatic heterocycles. The monoisotopic (exact) mass is 506 g/mol. The van der Waals surface area contributed by atoms with Crippen molar-refractivity contribution in [2.75, 3.05) is 0 Å². The van der Waals surface area contributed by atoms with Gasteiger partial charge in [-0.25, -0.2) is 26.9 Å². The molecule has 5 rings (SSSR count). The second-order valence-corrected chi connectivity index (χ2v) is 9.97. The number of fused-ring (bicyclic) bond motifs is 2. The molecular formula is C26H20F2N4O3S. The van der Waals surface area contributed by atoms with E-state index in [1.165, 1.54) is 18.2 Å². The molecule has 7 nitrogen and oxygen atoms in total. The predicted octanol–water partition coefficient (Wildman–Crippen LogP) is 4.44. The van der Waals surface area contributed by atoms with Crippen LogP contribution in [0.25, 0.3) is 22.6 Å². The van der Waals surface area contributed by atoms with Gasteiger partial charge in [-0.2, -0.15) is 0 Å². The van der Waals surface area contributed by atoms with Crippen LogP contribution in [0.4, 0.5) is 8.78 Å². The summed E-state index contributed by atoms with van der Waals surface area (Å²) < 4.78 is 58.1. The van der Waals surface area contributed by atoms with Crippen molar-refractivity contribution in [2.45, 2.75) is 18.4 Å². The largest absolute Gasteiger partial charge is 0.341 e. The molecule has 2 aromatic carbocycles. The number of nitrogens with zero attached hydrogens (tertiary/aromatic N) is 3. The van der Waals surface area contributed by atoms with Crippen LogP contribution in [-0.4, -0.2) is 28.3 Å². The molecule has 10 heteroatoms. The molecule has 182 valence electrons. The highest BCUT2D eigenvalue weighted by atomic mass is 32.2. The lowest BCUT2D eigenvalue weighted by Gasteiger charge is -2.07. The zero-order valence-corrected chi connectivity index (χ0v) is 19.8. The summed E-state index contributed by atoms with van der Waals surface area (Å²) in [5.41, 5.74) is 3.50. The lowest BCUT2D eigenvalue weighted by Crippen LogP contribution is -2.28. The second kappa shape index (κ2) is 9.04. The first-order chi connectivity index (χ1) is 17.2. The van der Waals surface area contributed by atoms with Gasteiger partial charge in [-0.05, 0) is 67.1 Å². The highest BCUT2D eigenvalue weighted by molar-refractivity contribution is 7.90. The summed E-state index contributed by atoms with van der Waals surface area (Å²) in [5.74, 6) is -2.01. The van der Waals surface area contributed by atoms with E-state index < -0.39 is 27.6 Å². The third-order valence-electron chi connectivity index (χ3n) is 5.69. The van der Waals surface area contributed by atoms with E-state index in [0.29, 0.717) is 23.0 Å². The van der Waals surface area contributed by atoms with Gasteiger partial charge in [0.25, 0.3) is 15.9 Å². The van der Waals surface area contributed by atoms with Crippen LogP contribution in [0.2, 0.25) is 0 Å². The number of rotatable bonds is 6. The van der Waals surface area contributed by atoms with Gasteiger partial charge in [0.05, 0.1) is 22.7 Å². The number of sulfonamides is 1. The summed E-state index contributed by atoms with van der Waals surface area (Å²) in [6.07, 6.45) is 8.06. The van der Waals surface area contributed by atoms with Crippen molar-refractivity contribution in [1.29, 1.82) is 0 Å². The van der Waals surface area contributed by atoms with E-state index in [9.17, 15) is 22.0 Å². The molecule has 3 heterocycles. The van der Waals surface area contributed by atoms with E-state index in [1.807, 2.05) is 57.4 Å².